The third kappa shape index (κ3) is 3.58. The fourth-order valence-corrected chi connectivity index (χ4v) is 5.61. The van der Waals surface area contributed by atoms with Gasteiger partial charge in [-0.25, -0.2) is 14.6 Å². The molecule has 1 saturated heterocycles. The topological polar surface area (TPSA) is 148 Å². The molecule has 2 aliphatic heterocycles. The number of carbonyl (C=O) groups is 1. The van der Waals surface area contributed by atoms with Gasteiger partial charge >= 0.3 is 0 Å². The second kappa shape index (κ2) is 8.93. The molecule has 0 spiro atoms. The van der Waals surface area contributed by atoms with Gasteiger partial charge in [0.15, 0.2) is 0 Å². The van der Waals surface area contributed by atoms with E-state index in [2.05, 4.69) is 26.0 Å². The fourth-order valence-electron chi connectivity index (χ4n) is 5.61. The van der Waals surface area contributed by atoms with E-state index in [4.69, 9.17) is 16.2 Å². The van der Waals surface area contributed by atoms with Gasteiger partial charge in [-0.05, 0) is 23.3 Å². The van der Waals surface area contributed by atoms with Gasteiger partial charge in [0.1, 0.15) is 29.5 Å². The smallest absolute Gasteiger partial charge is 0.284 e. The Morgan fingerprint density at radius 3 is 2.51 bits per heavy atom. The summed E-state index contributed by atoms with van der Waals surface area (Å²) in [7, 11) is 0. The van der Waals surface area contributed by atoms with Crippen molar-refractivity contribution in [3.05, 3.63) is 94.3 Å². The van der Waals surface area contributed by atoms with Gasteiger partial charge in [0.25, 0.3) is 11.5 Å². The lowest BCUT2D eigenvalue weighted by atomic mass is 9.98. The van der Waals surface area contributed by atoms with Gasteiger partial charge in [0.05, 0.1) is 36.0 Å². The Morgan fingerprint density at radius 1 is 1.05 bits per heavy atom. The minimum atomic E-state index is -0.778. The molecule has 196 valence electrons. The molecule has 0 bridgehead atoms. The zero-order chi connectivity index (χ0) is 26.7. The van der Waals surface area contributed by atoms with Gasteiger partial charge in [-0.15, -0.1) is 0 Å². The van der Waals surface area contributed by atoms with E-state index in [-0.39, 0.29) is 5.56 Å². The number of amides is 1. The zero-order valence-corrected chi connectivity index (χ0v) is 20.9. The number of fused-ring (bicyclic) bond motifs is 2. The SMILES string of the molecule is NC(=O)c1c2n(n(-c3ccccc3)c1=O)CCOC2c1ccc(-c2cn(C3CNC3)c3ncnc(N)c23)cc1. The molecule has 3 aromatic heterocycles. The number of para-hydroxylation sites is 1. The summed E-state index contributed by atoms with van der Waals surface area (Å²) in [5.41, 5.74) is 16.1. The summed E-state index contributed by atoms with van der Waals surface area (Å²) in [4.78, 5) is 34.7. The monoisotopic (exact) mass is 522 g/mol. The number of anilines is 1. The Kier molecular flexibility index (Phi) is 5.35. The van der Waals surface area contributed by atoms with Crippen LogP contribution < -0.4 is 22.3 Å². The molecule has 2 aliphatic rings. The van der Waals surface area contributed by atoms with Crippen LogP contribution in [0.1, 0.15) is 33.8 Å². The number of nitrogens with zero attached hydrogens (tertiary/aromatic N) is 5. The first-order valence-electron chi connectivity index (χ1n) is 12.8. The molecule has 11 nitrogen and oxygen atoms in total. The molecule has 5 heterocycles. The summed E-state index contributed by atoms with van der Waals surface area (Å²) < 4.78 is 11.6. The van der Waals surface area contributed by atoms with E-state index in [1.807, 2.05) is 54.6 Å². The number of nitrogens with one attached hydrogen (secondary N) is 1. The number of nitrogen functional groups attached to an aromatic ring is 1. The molecule has 1 fully saturated rings. The maximum atomic E-state index is 13.4. The van der Waals surface area contributed by atoms with Crippen molar-refractivity contribution in [2.75, 3.05) is 25.4 Å². The molecule has 1 atom stereocenters. The van der Waals surface area contributed by atoms with Crippen molar-refractivity contribution in [1.82, 2.24) is 29.2 Å². The lowest BCUT2D eigenvalue weighted by molar-refractivity contribution is 0.0390. The second-order valence-corrected chi connectivity index (χ2v) is 9.79. The van der Waals surface area contributed by atoms with Crippen LogP contribution in [-0.2, 0) is 11.3 Å². The molecule has 5 N–H and O–H groups in total. The highest BCUT2D eigenvalue weighted by Crippen LogP contribution is 2.37. The Hall–Kier alpha value is -4.74. The largest absolute Gasteiger partial charge is 0.383 e. The maximum Gasteiger partial charge on any atom is 0.284 e. The first kappa shape index (κ1) is 23.4. The minimum absolute atomic E-state index is 0.0604. The van der Waals surface area contributed by atoms with Crippen molar-refractivity contribution in [3.63, 3.8) is 0 Å². The molecule has 11 heteroatoms. The molecule has 39 heavy (non-hydrogen) atoms. The molecular formula is C28H26N8O3. The summed E-state index contributed by atoms with van der Waals surface area (Å²) in [6.45, 7) is 2.53. The summed E-state index contributed by atoms with van der Waals surface area (Å²) in [6, 6.07) is 17.4. The predicted molar refractivity (Wildman–Crippen MR) is 146 cm³/mol. The van der Waals surface area contributed by atoms with Crippen LogP contribution in [-0.4, -0.2) is 49.5 Å². The zero-order valence-electron chi connectivity index (χ0n) is 20.9. The number of carbonyl (C=O) groups excluding carboxylic acids is 1. The molecule has 0 radical (unpaired) electrons. The molecular weight excluding hydrogens is 496 g/mol. The minimum Gasteiger partial charge on any atom is -0.383 e. The highest BCUT2D eigenvalue weighted by Gasteiger charge is 2.34. The van der Waals surface area contributed by atoms with Crippen LogP contribution in [0, 0.1) is 0 Å². The maximum absolute atomic E-state index is 13.4. The van der Waals surface area contributed by atoms with E-state index in [1.54, 1.807) is 4.68 Å². The second-order valence-electron chi connectivity index (χ2n) is 9.79. The number of aromatic nitrogens is 5. The van der Waals surface area contributed by atoms with Crippen molar-refractivity contribution in [2.24, 2.45) is 5.73 Å². The average molecular weight is 523 g/mol. The number of nitrogens with two attached hydrogens (primary N) is 2. The van der Waals surface area contributed by atoms with Crippen LogP contribution in [0.4, 0.5) is 5.82 Å². The highest BCUT2D eigenvalue weighted by atomic mass is 16.5. The van der Waals surface area contributed by atoms with Crippen molar-refractivity contribution < 1.29 is 9.53 Å². The van der Waals surface area contributed by atoms with Gasteiger partial charge in [-0.2, -0.15) is 0 Å². The number of hydrogen-bond acceptors (Lipinski definition) is 7. The highest BCUT2D eigenvalue weighted by molar-refractivity contribution is 6.00. The number of ether oxygens (including phenoxy) is 1. The Bertz CT molecular complexity index is 1780. The molecule has 0 saturated carbocycles. The van der Waals surface area contributed by atoms with E-state index < -0.39 is 17.6 Å². The quantitative estimate of drug-likeness (QED) is 0.320. The van der Waals surface area contributed by atoms with E-state index in [0.29, 0.717) is 36.4 Å². The first-order chi connectivity index (χ1) is 19.0. The fraction of sp³-hybridized carbons (Fsp3) is 0.214. The molecule has 0 aliphatic carbocycles. The molecule has 1 unspecified atom stereocenters. The van der Waals surface area contributed by atoms with Crippen LogP contribution in [0.2, 0.25) is 0 Å². The summed E-state index contributed by atoms with van der Waals surface area (Å²) in [5, 5.41) is 4.12. The summed E-state index contributed by atoms with van der Waals surface area (Å²) in [6.07, 6.45) is 2.94. The standard InChI is InChI=1S/C28H26N8O3/c29-25-21-20(14-34(19-12-31-13-19)27(21)33-15-32-25)16-6-8-17(9-7-16)24-23-22(26(30)37)28(38)36(35(23)10-11-39-24)18-4-2-1-3-5-18/h1-9,14-15,19,24,31H,10-13H2,(H2,30,37)(H2,29,32,33). The lowest BCUT2D eigenvalue weighted by Gasteiger charge is -2.28. The molecule has 2 aromatic carbocycles. The van der Waals surface area contributed by atoms with Crippen LogP contribution in [0.25, 0.3) is 27.8 Å². The van der Waals surface area contributed by atoms with Crippen molar-refractivity contribution >= 4 is 22.8 Å². The normalized spacial score (nSPS) is 17.2. The van der Waals surface area contributed by atoms with Gasteiger partial charge < -0.3 is 26.1 Å². The third-order valence-corrected chi connectivity index (χ3v) is 7.58. The Balaban J connectivity index is 1.33. The van der Waals surface area contributed by atoms with E-state index in [0.717, 1.165) is 40.8 Å². The van der Waals surface area contributed by atoms with Gasteiger partial charge in [0.2, 0.25) is 0 Å². The van der Waals surface area contributed by atoms with E-state index in [1.165, 1.54) is 11.0 Å². The van der Waals surface area contributed by atoms with Crippen molar-refractivity contribution in [3.8, 4) is 16.8 Å². The summed E-state index contributed by atoms with van der Waals surface area (Å²) in [5.74, 6) is -0.350. The van der Waals surface area contributed by atoms with E-state index >= 15 is 0 Å². The Morgan fingerprint density at radius 2 is 1.82 bits per heavy atom. The van der Waals surface area contributed by atoms with Crippen LogP contribution in [0.5, 0.6) is 0 Å². The van der Waals surface area contributed by atoms with Crippen LogP contribution in [0.15, 0.2) is 71.9 Å². The van der Waals surface area contributed by atoms with Crippen molar-refractivity contribution in [2.45, 2.75) is 18.7 Å². The number of rotatable bonds is 5. The van der Waals surface area contributed by atoms with Crippen LogP contribution in [0.3, 0.4) is 0 Å². The molecule has 7 rings (SSSR count). The van der Waals surface area contributed by atoms with Gasteiger partial charge in [0, 0.05) is 24.8 Å². The number of primary amides is 1. The number of benzene rings is 2. The molecule has 1 amide bonds. The van der Waals surface area contributed by atoms with Gasteiger partial charge in [-0.3, -0.25) is 14.3 Å². The number of hydrogen-bond donors (Lipinski definition) is 3. The average Bonchev–Trinajstić information content (AvgIpc) is 3.44. The van der Waals surface area contributed by atoms with Gasteiger partial charge in [-0.1, -0.05) is 42.5 Å². The predicted octanol–water partition coefficient (Wildman–Crippen LogP) is 2.00. The summed E-state index contributed by atoms with van der Waals surface area (Å²) >= 11 is 0. The van der Waals surface area contributed by atoms with E-state index in [9.17, 15) is 9.59 Å². The lowest BCUT2D eigenvalue weighted by Crippen LogP contribution is -2.43. The molecule has 5 aromatic rings. The third-order valence-electron chi connectivity index (χ3n) is 7.58. The van der Waals surface area contributed by atoms with Crippen LogP contribution >= 0.6 is 0 Å². The van der Waals surface area contributed by atoms with Crippen molar-refractivity contribution in [1.29, 1.82) is 0 Å². The first-order valence-corrected chi connectivity index (χ1v) is 12.8. The Labute approximate surface area is 222 Å².